The number of nitrogens with one attached hydrogen (secondary N) is 1. The van der Waals surface area contributed by atoms with E-state index in [-0.39, 0.29) is 24.0 Å². The lowest BCUT2D eigenvalue weighted by molar-refractivity contribution is -0.123. The number of aryl methyl sites for hydroxylation is 1. The number of nitrogens with zero attached hydrogens (tertiary/aromatic N) is 3. The summed E-state index contributed by atoms with van der Waals surface area (Å²) in [6, 6.07) is 20.0. The molecule has 0 spiro atoms. The van der Waals surface area contributed by atoms with Crippen LogP contribution >= 0.6 is 0 Å². The first-order valence-corrected chi connectivity index (χ1v) is 11.1. The summed E-state index contributed by atoms with van der Waals surface area (Å²) in [6.07, 6.45) is 1.69. The van der Waals surface area contributed by atoms with Gasteiger partial charge in [-0.2, -0.15) is 4.98 Å². The molecule has 7 nitrogen and oxygen atoms in total. The van der Waals surface area contributed by atoms with Crippen molar-refractivity contribution in [3.05, 3.63) is 77.9 Å². The van der Waals surface area contributed by atoms with Crippen molar-refractivity contribution < 1.29 is 14.1 Å². The molecule has 32 heavy (non-hydrogen) atoms. The predicted octanol–water partition coefficient (Wildman–Crippen LogP) is 3.11. The van der Waals surface area contributed by atoms with E-state index in [4.69, 9.17) is 9.26 Å². The second kappa shape index (κ2) is 8.74. The summed E-state index contributed by atoms with van der Waals surface area (Å²) in [5.41, 5.74) is 1.07. The molecule has 2 heterocycles. The first kappa shape index (κ1) is 20.7. The molecule has 1 saturated heterocycles. The Labute approximate surface area is 187 Å². The summed E-state index contributed by atoms with van der Waals surface area (Å²) >= 11 is 0. The average Bonchev–Trinajstić information content (AvgIpc) is 3.46. The van der Waals surface area contributed by atoms with Gasteiger partial charge in [0.05, 0.1) is 5.41 Å². The number of hydrogen-bond acceptors (Lipinski definition) is 6. The van der Waals surface area contributed by atoms with Gasteiger partial charge in [-0.25, -0.2) is 0 Å². The van der Waals surface area contributed by atoms with Crippen LogP contribution in [0.2, 0.25) is 0 Å². The number of aromatic nitrogens is 2. The number of hydrogen-bond donors (Lipinski definition) is 1. The lowest BCUT2D eigenvalue weighted by Gasteiger charge is -2.25. The van der Waals surface area contributed by atoms with Gasteiger partial charge in [-0.1, -0.05) is 53.7 Å². The molecule has 2 aliphatic rings. The fraction of sp³-hybridized carbons (Fsp3) is 0.400. The topological polar surface area (TPSA) is 80.5 Å². The highest BCUT2D eigenvalue weighted by molar-refractivity contribution is 5.78. The lowest BCUT2D eigenvalue weighted by atomic mass is 9.80. The van der Waals surface area contributed by atoms with Crippen LogP contribution in [-0.2, 0) is 16.8 Å². The van der Waals surface area contributed by atoms with Crippen LogP contribution in [-0.4, -0.2) is 46.7 Å². The summed E-state index contributed by atoms with van der Waals surface area (Å²) in [5, 5.41) is 7.23. The minimum Gasteiger partial charge on any atom is -0.484 e. The van der Waals surface area contributed by atoms with Gasteiger partial charge in [0.25, 0.3) is 5.91 Å². The van der Waals surface area contributed by atoms with Gasteiger partial charge in [0, 0.05) is 25.7 Å². The highest BCUT2D eigenvalue weighted by atomic mass is 16.5. The van der Waals surface area contributed by atoms with Gasteiger partial charge in [-0.05, 0) is 43.4 Å². The van der Waals surface area contributed by atoms with E-state index >= 15 is 0 Å². The summed E-state index contributed by atoms with van der Waals surface area (Å²) in [7, 11) is 0. The minimum absolute atomic E-state index is 0.0119. The molecule has 0 radical (unpaired) electrons. The van der Waals surface area contributed by atoms with Crippen molar-refractivity contribution in [2.75, 3.05) is 19.7 Å². The SMILES string of the molecule is Cc1noc([C@]23C[C@H](NC(=O)COc4ccccc4)C[C@H]2CN(Cc2ccccc2)C3)n1. The Hall–Kier alpha value is -3.19. The van der Waals surface area contributed by atoms with Crippen LogP contribution in [0.3, 0.4) is 0 Å². The molecule has 5 rings (SSSR count). The number of likely N-dealkylation sites (tertiary alicyclic amines) is 1. The first-order valence-electron chi connectivity index (χ1n) is 11.1. The van der Waals surface area contributed by atoms with E-state index in [1.165, 1.54) is 5.56 Å². The smallest absolute Gasteiger partial charge is 0.258 e. The Bertz CT molecular complexity index is 1060. The maximum atomic E-state index is 12.5. The van der Waals surface area contributed by atoms with Crippen molar-refractivity contribution in [3.8, 4) is 5.75 Å². The standard InChI is InChI=1S/C25H28N4O3/c1-18-26-24(32-28-18)25-13-21(27-23(30)16-31-22-10-6-3-7-11-22)12-20(25)15-29(17-25)14-19-8-4-2-5-9-19/h2-11,20-21H,12-17H2,1H3,(H,27,30)/t20-,21+,25-/m0/s1. The molecule has 0 bridgehead atoms. The van der Waals surface area contributed by atoms with Crippen LogP contribution in [0, 0.1) is 12.8 Å². The summed E-state index contributed by atoms with van der Waals surface area (Å²) < 4.78 is 11.3. The normalized spacial score (nSPS) is 24.9. The van der Waals surface area contributed by atoms with Gasteiger partial charge in [0.15, 0.2) is 12.4 Å². The monoisotopic (exact) mass is 432 g/mol. The largest absolute Gasteiger partial charge is 0.484 e. The molecule has 1 saturated carbocycles. The Morgan fingerprint density at radius 1 is 1.19 bits per heavy atom. The number of carbonyl (C=O) groups is 1. The quantitative estimate of drug-likeness (QED) is 0.618. The fourth-order valence-electron chi connectivity index (χ4n) is 5.31. The second-order valence-corrected chi connectivity index (χ2v) is 8.96. The molecule has 0 unspecified atom stereocenters. The van der Waals surface area contributed by atoms with Crippen LogP contribution in [0.4, 0.5) is 0 Å². The van der Waals surface area contributed by atoms with Crippen LogP contribution in [0.5, 0.6) is 5.75 Å². The third-order valence-corrected chi connectivity index (χ3v) is 6.63. The van der Waals surface area contributed by atoms with Gasteiger partial charge in [0.2, 0.25) is 5.89 Å². The molecular weight excluding hydrogens is 404 g/mol. The van der Waals surface area contributed by atoms with Crippen molar-refractivity contribution in [1.29, 1.82) is 0 Å². The molecule has 1 aromatic heterocycles. The molecule has 2 fully saturated rings. The van der Waals surface area contributed by atoms with Crippen molar-refractivity contribution >= 4 is 5.91 Å². The molecule has 2 aromatic carbocycles. The van der Waals surface area contributed by atoms with E-state index in [0.29, 0.717) is 23.4 Å². The number of benzene rings is 2. The van der Waals surface area contributed by atoms with Gasteiger partial charge in [-0.3, -0.25) is 9.69 Å². The number of rotatable bonds is 7. The first-order chi connectivity index (χ1) is 15.6. The molecule has 1 aliphatic heterocycles. The zero-order chi connectivity index (χ0) is 22.0. The Morgan fingerprint density at radius 2 is 1.94 bits per heavy atom. The number of amides is 1. The van der Waals surface area contributed by atoms with Crippen LogP contribution < -0.4 is 10.1 Å². The Kier molecular flexibility index (Phi) is 5.66. The van der Waals surface area contributed by atoms with E-state index in [2.05, 4.69) is 44.6 Å². The fourth-order valence-corrected chi connectivity index (χ4v) is 5.31. The third kappa shape index (κ3) is 4.25. The predicted molar refractivity (Wildman–Crippen MR) is 119 cm³/mol. The van der Waals surface area contributed by atoms with E-state index < -0.39 is 0 Å². The van der Waals surface area contributed by atoms with Gasteiger partial charge in [0.1, 0.15) is 5.75 Å². The molecule has 1 amide bonds. The maximum absolute atomic E-state index is 12.5. The van der Waals surface area contributed by atoms with Crippen molar-refractivity contribution in [2.24, 2.45) is 5.92 Å². The number of carbonyl (C=O) groups excluding carboxylic acids is 1. The van der Waals surface area contributed by atoms with Gasteiger partial charge in [-0.15, -0.1) is 0 Å². The van der Waals surface area contributed by atoms with Gasteiger partial charge >= 0.3 is 0 Å². The van der Waals surface area contributed by atoms with Crippen molar-refractivity contribution in [3.63, 3.8) is 0 Å². The second-order valence-electron chi connectivity index (χ2n) is 8.96. The van der Waals surface area contributed by atoms with E-state index in [1.54, 1.807) is 0 Å². The van der Waals surface area contributed by atoms with Gasteiger partial charge < -0.3 is 14.6 Å². The summed E-state index contributed by atoms with van der Waals surface area (Å²) in [6.45, 7) is 4.56. The molecule has 7 heteroatoms. The molecule has 1 aliphatic carbocycles. The molecule has 3 atom stereocenters. The molecule has 166 valence electrons. The third-order valence-electron chi connectivity index (χ3n) is 6.63. The summed E-state index contributed by atoms with van der Waals surface area (Å²) in [5.74, 6) is 2.30. The van der Waals surface area contributed by atoms with Crippen molar-refractivity contribution in [2.45, 2.75) is 37.8 Å². The Morgan fingerprint density at radius 3 is 2.66 bits per heavy atom. The minimum atomic E-state index is -0.228. The van der Waals surface area contributed by atoms with E-state index in [1.807, 2.05) is 43.3 Å². The zero-order valence-electron chi connectivity index (χ0n) is 18.2. The van der Waals surface area contributed by atoms with Crippen molar-refractivity contribution in [1.82, 2.24) is 20.4 Å². The highest BCUT2D eigenvalue weighted by Crippen LogP contribution is 2.50. The molecule has 3 aromatic rings. The summed E-state index contributed by atoms with van der Waals surface area (Å²) in [4.78, 5) is 19.6. The van der Waals surface area contributed by atoms with E-state index in [0.717, 1.165) is 32.5 Å². The molecule has 1 N–H and O–H groups in total. The number of ether oxygens (including phenoxy) is 1. The lowest BCUT2D eigenvalue weighted by Crippen LogP contribution is -2.39. The maximum Gasteiger partial charge on any atom is 0.258 e. The van der Waals surface area contributed by atoms with Crippen LogP contribution in [0.1, 0.15) is 30.1 Å². The van der Waals surface area contributed by atoms with E-state index in [9.17, 15) is 4.79 Å². The Balaban J connectivity index is 1.26. The van der Waals surface area contributed by atoms with Crippen LogP contribution in [0.15, 0.2) is 65.2 Å². The zero-order valence-corrected chi connectivity index (χ0v) is 18.2. The number of para-hydroxylation sites is 1. The molecular formula is C25H28N4O3. The van der Waals surface area contributed by atoms with Crippen LogP contribution in [0.25, 0.3) is 0 Å². The highest BCUT2D eigenvalue weighted by Gasteiger charge is 2.57. The number of fused-ring (bicyclic) bond motifs is 1. The average molecular weight is 433 g/mol.